The fourth-order valence-corrected chi connectivity index (χ4v) is 7.27. The maximum atomic E-state index is 14.6. The monoisotopic (exact) mass is 672 g/mol. The van der Waals surface area contributed by atoms with Crippen molar-refractivity contribution in [3.8, 4) is 0 Å². The average molecular weight is 674 g/mol. The molecular formula is C34H42Cl2N4O4S. The summed E-state index contributed by atoms with van der Waals surface area (Å²) in [5, 5.41) is 3.89. The zero-order valence-corrected chi connectivity index (χ0v) is 28.6. The number of nitrogens with zero attached hydrogens (tertiary/aromatic N) is 3. The first-order valence-electron chi connectivity index (χ1n) is 15.2. The van der Waals surface area contributed by atoms with Crippen LogP contribution in [0.5, 0.6) is 0 Å². The number of benzene rings is 3. The third kappa shape index (κ3) is 8.79. The molecule has 1 N–H and O–H groups in total. The molecule has 1 aliphatic rings. The van der Waals surface area contributed by atoms with Crippen LogP contribution >= 0.6 is 23.2 Å². The van der Waals surface area contributed by atoms with Gasteiger partial charge >= 0.3 is 10.2 Å². The van der Waals surface area contributed by atoms with Crippen molar-refractivity contribution in [1.82, 2.24) is 14.5 Å². The molecule has 0 spiro atoms. The van der Waals surface area contributed by atoms with E-state index in [9.17, 15) is 18.0 Å². The highest BCUT2D eigenvalue weighted by Crippen LogP contribution is 2.30. The lowest BCUT2D eigenvalue weighted by atomic mass is 9.94. The Balaban J connectivity index is 1.81. The maximum absolute atomic E-state index is 14.6. The molecule has 0 heterocycles. The Morgan fingerprint density at radius 2 is 1.56 bits per heavy atom. The number of rotatable bonds is 12. The summed E-state index contributed by atoms with van der Waals surface area (Å²) in [6, 6.07) is 19.0. The fourth-order valence-electron chi connectivity index (χ4n) is 5.64. The fraction of sp³-hybridized carbons (Fsp3) is 0.412. The predicted octanol–water partition coefficient (Wildman–Crippen LogP) is 6.31. The summed E-state index contributed by atoms with van der Waals surface area (Å²) in [6.45, 7) is 3.04. The van der Waals surface area contributed by atoms with Gasteiger partial charge in [-0.15, -0.1) is 0 Å². The molecule has 1 atom stereocenters. The number of hydrogen-bond acceptors (Lipinski definition) is 4. The standard InChI is InChI=1S/C34H42Cl2N4O4S/c1-24-18-19-25(2)31(20-24)40(45(43,44)38(3)4)23-33(41)39(22-28-29(35)16-11-17-30(28)36)32(21-26-12-7-5-8-13-26)34(42)37-27-14-9-6-10-15-27/h5,7-8,11-13,16-20,27,32H,6,9-10,14-15,21-23H2,1-4H3,(H,37,42). The van der Waals surface area contributed by atoms with Crippen molar-refractivity contribution < 1.29 is 18.0 Å². The number of hydrogen-bond donors (Lipinski definition) is 1. The Bertz CT molecular complexity index is 1570. The number of carbonyl (C=O) groups is 2. The molecule has 0 aliphatic heterocycles. The average Bonchev–Trinajstić information content (AvgIpc) is 3.01. The minimum atomic E-state index is -4.11. The Kier molecular flexibility index (Phi) is 11.9. The van der Waals surface area contributed by atoms with Crippen molar-refractivity contribution in [2.45, 2.75) is 71.0 Å². The van der Waals surface area contributed by atoms with Gasteiger partial charge in [-0.05, 0) is 61.6 Å². The Morgan fingerprint density at radius 3 is 2.18 bits per heavy atom. The van der Waals surface area contributed by atoms with Gasteiger partial charge in [0.05, 0.1) is 5.69 Å². The Labute approximate surface area is 277 Å². The molecule has 2 amide bonds. The molecule has 3 aromatic carbocycles. The van der Waals surface area contributed by atoms with Gasteiger partial charge in [-0.1, -0.05) is 91.0 Å². The highest BCUT2D eigenvalue weighted by Gasteiger charge is 2.36. The van der Waals surface area contributed by atoms with Gasteiger partial charge < -0.3 is 10.2 Å². The van der Waals surface area contributed by atoms with E-state index in [4.69, 9.17) is 23.2 Å². The van der Waals surface area contributed by atoms with Gasteiger partial charge in [-0.3, -0.25) is 9.59 Å². The predicted molar refractivity (Wildman–Crippen MR) is 182 cm³/mol. The van der Waals surface area contributed by atoms with Gasteiger partial charge in [0.15, 0.2) is 0 Å². The zero-order valence-electron chi connectivity index (χ0n) is 26.3. The van der Waals surface area contributed by atoms with Crippen LogP contribution in [0.2, 0.25) is 10.0 Å². The SMILES string of the molecule is Cc1ccc(C)c(N(CC(=O)N(Cc2c(Cl)cccc2Cl)C(Cc2ccccc2)C(=O)NC2CCCCC2)S(=O)(=O)N(C)C)c1. The third-order valence-corrected chi connectivity index (χ3v) is 10.8. The summed E-state index contributed by atoms with van der Waals surface area (Å²) < 4.78 is 29.7. The van der Waals surface area contributed by atoms with E-state index >= 15 is 0 Å². The van der Waals surface area contributed by atoms with E-state index in [-0.39, 0.29) is 24.9 Å². The van der Waals surface area contributed by atoms with E-state index in [0.717, 1.165) is 51.8 Å². The van der Waals surface area contributed by atoms with Crippen molar-refractivity contribution in [1.29, 1.82) is 0 Å². The molecule has 0 bridgehead atoms. The van der Waals surface area contributed by atoms with Crippen LogP contribution < -0.4 is 9.62 Å². The normalized spacial score (nSPS) is 14.6. The van der Waals surface area contributed by atoms with E-state index in [0.29, 0.717) is 26.9 Å². The minimum Gasteiger partial charge on any atom is -0.352 e. The molecule has 1 aliphatic carbocycles. The summed E-state index contributed by atoms with van der Waals surface area (Å²) in [5.74, 6) is -0.854. The lowest BCUT2D eigenvalue weighted by molar-refractivity contribution is -0.140. The second-order valence-electron chi connectivity index (χ2n) is 11.9. The van der Waals surface area contributed by atoms with E-state index in [2.05, 4.69) is 5.32 Å². The van der Waals surface area contributed by atoms with Crippen LogP contribution in [-0.4, -0.2) is 62.2 Å². The van der Waals surface area contributed by atoms with Crippen LogP contribution in [0.1, 0.15) is 54.4 Å². The molecule has 1 fully saturated rings. The largest absolute Gasteiger partial charge is 0.352 e. The van der Waals surface area contributed by atoms with Crippen molar-refractivity contribution in [3.05, 3.63) is 99.0 Å². The van der Waals surface area contributed by atoms with E-state index < -0.39 is 28.7 Å². The molecule has 242 valence electrons. The molecular weight excluding hydrogens is 631 g/mol. The summed E-state index contributed by atoms with van der Waals surface area (Å²) in [7, 11) is -1.26. The zero-order chi connectivity index (χ0) is 32.7. The second-order valence-corrected chi connectivity index (χ2v) is 14.7. The molecule has 0 saturated heterocycles. The first kappa shape index (κ1) is 34.8. The molecule has 45 heavy (non-hydrogen) atoms. The van der Waals surface area contributed by atoms with Crippen LogP contribution in [0, 0.1) is 13.8 Å². The van der Waals surface area contributed by atoms with Crippen molar-refractivity contribution >= 4 is 50.9 Å². The minimum absolute atomic E-state index is 0.00550. The molecule has 8 nitrogen and oxygen atoms in total. The molecule has 0 radical (unpaired) electrons. The van der Waals surface area contributed by atoms with Gasteiger partial charge in [-0.2, -0.15) is 12.7 Å². The number of aryl methyl sites for hydroxylation is 2. The van der Waals surface area contributed by atoms with Crippen LogP contribution in [0.25, 0.3) is 0 Å². The smallest absolute Gasteiger partial charge is 0.304 e. The number of amides is 2. The van der Waals surface area contributed by atoms with E-state index in [1.165, 1.54) is 19.0 Å². The van der Waals surface area contributed by atoms with Crippen LogP contribution in [0.3, 0.4) is 0 Å². The van der Waals surface area contributed by atoms with Crippen LogP contribution in [0.4, 0.5) is 5.69 Å². The van der Waals surface area contributed by atoms with Crippen LogP contribution in [0.15, 0.2) is 66.7 Å². The first-order valence-corrected chi connectivity index (χ1v) is 17.4. The van der Waals surface area contributed by atoms with Gasteiger partial charge in [-0.25, -0.2) is 4.31 Å². The third-order valence-electron chi connectivity index (χ3n) is 8.26. The summed E-state index contributed by atoms with van der Waals surface area (Å²) in [4.78, 5) is 30.2. The lowest BCUT2D eigenvalue weighted by Crippen LogP contribution is -2.55. The van der Waals surface area contributed by atoms with Crippen molar-refractivity contribution in [3.63, 3.8) is 0 Å². The number of halogens is 2. The quantitative estimate of drug-likeness (QED) is 0.244. The highest BCUT2D eigenvalue weighted by atomic mass is 35.5. The van der Waals surface area contributed by atoms with Gasteiger partial charge in [0.1, 0.15) is 12.6 Å². The molecule has 1 saturated carbocycles. The second kappa shape index (κ2) is 15.5. The summed E-state index contributed by atoms with van der Waals surface area (Å²) in [6.07, 6.45) is 5.14. The Hall–Kier alpha value is -3.11. The lowest BCUT2D eigenvalue weighted by Gasteiger charge is -2.36. The van der Waals surface area contributed by atoms with Gasteiger partial charge in [0.2, 0.25) is 11.8 Å². The van der Waals surface area contributed by atoms with Crippen LogP contribution in [-0.2, 0) is 32.8 Å². The summed E-state index contributed by atoms with van der Waals surface area (Å²) >= 11 is 13.2. The topological polar surface area (TPSA) is 90.0 Å². The maximum Gasteiger partial charge on any atom is 0.304 e. The number of nitrogens with one attached hydrogen (secondary N) is 1. The molecule has 4 rings (SSSR count). The molecule has 1 unspecified atom stereocenters. The molecule has 0 aromatic heterocycles. The Morgan fingerprint density at radius 1 is 0.911 bits per heavy atom. The summed E-state index contributed by atoms with van der Waals surface area (Å²) in [5.41, 5.74) is 3.26. The molecule has 3 aromatic rings. The van der Waals surface area contributed by atoms with Gasteiger partial charge in [0.25, 0.3) is 0 Å². The van der Waals surface area contributed by atoms with Gasteiger partial charge in [0, 0.05) is 48.7 Å². The first-order chi connectivity index (χ1) is 21.4. The number of anilines is 1. The molecule has 11 heteroatoms. The van der Waals surface area contributed by atoms with Crippen molar-refractivity contribution in [2.75, 3.05) is 24.9 Å². The van der Waals surface area contributed by atoms with Crippen molar-refractivity contribution in [2.24, 2.45) is 0 Å². The van der Waals surface area contributed by atoms with E-state index in [1.807, 2.05) is 49.4 Å². The number of carbonyl (C=O) groups excluding carboxylic acids is 2. The highest BCUT2D eigenvalue weighted by molar-refractivity contribution is 7.90. The van der Waals surface area contributed by atoms with E-state index in [1.54, 1.807) is 31.2 Å².